The van der Waals surface area contributed by atoms with Crippen molar-refractivity contribution in [3.05, 3.63) is 155 Å². The van der Waals surface area contributed by atoms with Crippen molar-refractivity contribution in [2.45, 2.75) is 31.0 Å². The lowest BCUT2D eigenvalue weighted by atomic mass is 9.77. The van der Waals surface area contributed by atoms with E-state index in [1.807, 2.05) is 0 Å². The molecule has 0 bridgehead atoms. The highest BCUT2D eigenvalue weighted by molar-refractivity contribution is 5.50. The molecule has 5 rings (SSSR count). The van der Waals surface area contributed by atoms with Gasteiger partial charge in [-0.3, -0.25) is 0 Å². The van der Waals surface area contributed by atoms with Crippen LogP contribution in [0.15, 0.2) is 139 Å². The average molecular weight is 417 g/mol. The summed E-state index contributed by atoms with van der Waals surface area (Å²) in [7, 11) is 0. The predicted molar refractivity (Wildman–Crippen MR) is 132 cm³/mol. The quantitative estimate of drug-likeness (QED) is 0.362. The molecule has 2 aliphatic rings. The molecule has 158 valence electrons. The highest BCUT2D eigenvalue weighted by atomic mass is 16.5. The second-order valence-electron chi connectivity index (χ2n) is 8.56. The molecule has 0 amide bonds. The summed E-state index contributed by atoms with van der Waals surface area (Å²) in [5.74, 6) is 0. The highest BCUT2D eigenvalue weighted by Crippen LogP contribution is 2.49. The summed E-state index contributed by atoms with van der Waals surface area (Å²) >= 11 is 0. The van der Waals surface area contributed by atoms with Crippen molar-refractivity contribution in [3.8, 4) is 0 Å². The Balaban J connectivity index is 1.78. The van der Waals surface area contributed by atoms with Gasteiger partial charge in [0.05, 0.1) is 0 Å². The summed E-state index contributed by atoms with van der Waals surface area (Å²) in [6.07, 6.45) is 15.0. The van der Waals surface area contributed by atoms with Crippen LogP contribution in [-0.2, 0) is 10.3 Å². The van der Waals surface area contributed by atoms with E-state index in [2.05, 4.69) is 134 Å². The fourth-order valence-electron chi connectivity index (χ4n) is 4.94. The molecule has 0 radical (unpaired) electrons. The number of rotatable bonds is 7. The summed E-state index contributed by atoms with van der Waals surface area (Å²) < 4.78 is 7.54. The molecule has 0 atom stereocenters. The van der Waals surface area contributed by atoms with E-state index in [0.29, 0.717) is 0 Å². The zero-order chi connectivity index (χ0) is 21.9. The van der Waals surface area contributed by atoms with Crippen LogP contribution in [0.2, 0.25) is 0 Å². The van der Waals surface area contributed by atoms with Crippen molar-refractivity contribution < 1.29 is 4.74 Å². The molecular weight excluding hydrogens is 388 g/mol. The molecule has 0 spiro atoms. The molecule has 0 aromatic heterocycles. The van der Waals surface area contributed by atoms with Crippen LogP contribution in [0.4, 0.5) is 0 Å². The first-order chi connectivity index (χ1) is 15.7. The Morgan fingerprint density at radius 2 is 0.938 bits per heavy atom. The molecule has 32 heavy (non-hydrogen) atoms. The normalized spacial score (nSPS) is 15.7. The van der Waals surface area contributed by atoms with Crippen LogP contribution in [0.25, 0.3) is 0 Å². The molecule has 0 saturated heterocycles. The Bertz CT molecular complexity index is 1050. The monoisotopic (exact) mass is 416 g/mol. The van der Waals surface area contributed by atoms with Crippen molar-refractivity contribution in [3.63, 3.8) is 0 Å². The summed E-state index contributed by atoms with van der Waals surface area (Å²) in [6, 6.07) is 31.9. The van der Waals surface area contributed by atoms with E-state index in [1.165, 1.54) is 11.1 Å². The first-order valence-corrected chi connectivity index (χ1v) is 11.3. The molecular formula is C31H28O. The van der Waals surface area contributed by atoms with Crippen LogP contribution < -0.4 is 0 Å². The van der Waals surface area contributed by atoms with Crippen LogP contribution in [-0.4, -0.2) is 5.60 Å². The largest absolute Gasteiger partial charge is 0.346 e. The van der Waals surface area contributed by atoms with Gasteiger partial charge in [0.2, 0.25) is 0 Å². The second-order valence-corrected chi connectivity index (χ2v) is 8.56. The van der Waals surface area contributed by atoms with Gasteiger partial charge in [0, 0.05) is 0 Å². The maximum absolute atomic E-state index is 7.54. The van der Waals surface area contributed by atoms with Crippen molar-refractivity contribution >= 4 is 0 Å². The molecule has 1 nitrogen and oxygen atoms in total. The fourth-order valence-corrected chi connectivity index (χ4v) is 4.94. The topological polar surface area (TPSA) is 9.23 Å². The SMILES string of the molecule is CC(OC(c1ccccc1)(c1ccccc1)c1ccccc1)(C1=CC=CC1)C1=CC=CC1. The van der Waals surface area contributed by atoms with E-state index in [9.17, 15) is 0 Å². The molecule has 0 fully saturated rings. The van der Waals surface area contributed by atoms with E-state index >= 15 is 0 Å². The molecule has 0 aliphatic heterocycles. The minimum atomic E-state index is -0.759. The smallest absolute Gasteiger partial charge is 0.145 e. The van der Waals surface area contributed by atoms with Crippen LogP contribution in [0.1, 0.15) is 36.5 Å². The summed E-state index contributed by atoms with van der Waals surface area (Å²) in [5, 5.41) is 0. The molecule has 0 N–H and O–H groups in total. The van der Waals surface area contributed by atoms with Gasteiger partial charge in [0.1, 0.15) is 11.2 Å². The van der Waals surface area contributed by atoms with Crippen LogP contribution in [0.5, 0.6) is 0 Å². The predicted octanol–water partition coefficient (Wildman–Crippen LogP) is 7.53. The van der Waals surface area contributed by atoms with Crippen molar-refractivity contribution in [2.24, 2.45) is 0 Å². The Kier molecular flexibility index (Phi) is 5.51. The lowest BCUT2D eigenvalue weighted by Crippen LogP contribution is -2.45. The van der Waals surface area contributed by atoms with Crippen molar-refractivity contribution in [1.82, 2.24) is 0 Å². The van der Waals surface area contributed by atoms with Crippen LogP contribution in [0, 0.1) is 0 Å². The van der Waals surface area contributed by atoms with E-state index in [4.69, 9.17) is 4.74 Å². The Morgan fingerprint density at radius 1 is 0.562 bits per heavy atom. The maximum atomic E-state index is 7.54. The van der Waals surface area contributed by atoms with E-state index in [0.717, 1.165) is 29.5 Å². The Hall–Kier alpha value is -3.42. The van der Waals surface area contributed by atoms with Crippen molar-refractivity contribution in [1.29, 1.82) is 0 Å². The van der Waals surface area contributed by atoms with Gasteiger partial charge in [-0.25, -0.2) is 0 Å². The number of hydrogen-bond donors (Lipinski definition) is 0. The summed E-state index contributed by atoms with van der Waals surface area (Å²) in [5.41, 5.74) is 4.66. The number of benzene rings is 3. The molecule has 3 aromatic carbocycles. The third kappa shape index (κ3) is 3.49. The van der Waals surface area contributed by atoms with Crippen LogP contribution in [0.3, 0.4) is 0 Å². The third-order valence-electron chi connectivity index (χ3n) is 6.67. The third-order valence-corrected chi connectivity index (χ3v) is 6.67. The minimum absolute atomic E-state index is 0.547. The molecule has 2 aliphatic carbocycles. The molecule has 0 unspecified atom stereocenters. The van der Waals surface area contributed by atoms with E-state index in [1.54, 1.807) is 0 Å². The number of ether oxygens (including phenoxy) is 1. The van der Waals surface area contributed by atoms with Gasteiger partial charge in [0.25, 0.3) is 0 Å². The molecule has 1 heteroatoms. The van der Waals surface area contributed by atoms with Gasteiger partial charge in [0.15, 0.2) is 0 Å². The Labute approximate surface area is 191 Å². The molecule has 0 saturated carbocycles. The highest BCUT2D eigenvalue weighted by Gasteiger charge is 2.46. The van der Waals surface area contributed by atoms with Gasteiger partial charge < -0.3 is 4.74 Å². The maximum Gasteiger partial charge on any atom is 0.145 e. The Morgan fingerprint density at radius 3 is 1.25 bits per heavy atom. The van der Waals surface area contributed by atoms with E-state index in [-0.39, 0.29) is 0 Å². The molecule has 0 heterocycles. The first-order valence-electron chi connectivity index (χ1n) is 11.3. The lowest BCUT2D eigenvalue weighted by molar-refractivity contribution is -0.0723. The van der Waals surface area contributed by atoms with Crippen LogP contribution >= 0.6 is 0 Å². The number of allylic oxidation sites excluding steroid dienone is 6. The summed E-state index contributed by atoms with van der Waals surface area (Å²) in [6.45, 7) is 2.24. The fraction of sp³-hybridized carbons (Fsp3) is 0.161. The van der Waals surface area contributed by atoms with Gasteiger partial charge in [-0.1, -0.05) is 127 Å². The zero-order valence-corrected chi connectivity index (χ0v) is 18.4. The van der Waals surface area contributed by atoms with Gasteiger partial charge >= 0.3 is 0 Å². The minimum Gasteiger partial charge on any atom is -0.346 e. The lowest BCUT2D eigenvalue weighted by Gasteiger charge is -2.45. The van der Waals surface area contributed by atoms with Crippen molar-refractivity contribution in [2.75, 3.05) is 0 Å². The zero-order valence-electron chi connectivity index (χ0n) is 18.4. The van der Waals surface area contributed by atoms with Gasteiger partial charge in [-0.2, -0.15) is 0 Å². The number of hydrogen-bond acceptors (Lipinski definition) is 1. The molecule has 3 aromatic rings. The van der Waals surface area contributed by atoms with Gasteiger partial charge in [-0.05, 0) is 47.6 Å². The summed E-state index contributed by atoms with van der Waals surface area (Å²) in [4.78, 5) is 0. The standard InChI is InChI=1S/C31H28O/c1-30(25-15-11-12-16-25,26-17-13-14-18-26)32-31(27-19-5-2-6-20-27,28-21-7-3-8-22-28)29-23-9-4-10-24-29/h2-15,17,19-24H,16,18H2,1H3. The average Bonchev–Trinajstić information content (AvgIpc) is 3.60. The second kappa shape index (κ2) is 8.61. The van der Waals surface area contributed by atoms with Gasteiger partial charge in [-0.15, -0.1) is 0 Å². The first kappa shape index (κ1) is 20.5. The van der Waals surface area contributed by atoms with E-state index < -0.39 is 11.2 Å².